The van der Waals surface area contributed by atoms with Crippen molar-refractivity contribution in [3.8, 4) is 5.75 Å². The van der Waals surface area contributed by atoms with E-state index in [1.54, 1.807) is 6.92 Å². The highest BCUT2D eigenvalue weighted by molar-refractivity contribution is 7.92. The standard InChI is InChI=1S/C18H18ClNO7S/c1-10-4-7-15(11(2)17(10)27-9-16(21)22)28(24,25)20-12-5-6-14(19)13(8-12)18(23)26-3/h4-8,20H,9H2,1-3H3,(H,21,22). The molecule has 0 saturated heterocycles. The first-order valence-corrected chi connectivity index (χ1v) is 9.78. The number of carboxylic acids is 1. The lowest BCUT2D eigenvalue weighted by Gasteiger charge is -2.16. The molecule has 0 atom stereocenters. The van der Waals surface area contributed by atoms with Gasteiger partial charge in [-0.15, -0.1) is 0 Å². The predicted molar refractivity (Wildman–Crippen MR) is 103 cm³/mol. The summed E-state index contributed by atoms with van der Waals surface area (Å²) < 4.78 is 37.9. The fourth-order valence-corrected chi connectivity index (χ4v) is 4.01. The molecule has 0 bridgehead atoms. The van der Waals surface area contributed by atoms with Gasteiger partial charge in [-0.2, -0.15) is 0 Å². The molecule has 2 aromatic carbocycles. The van der Waals surface area contributed by atoms with E-state index in [-0.39, 0.29) is 32.5 Å². The number of sulfonamides is 1. The maximum absolute atomic E-state index is 12.8. The Bertz CT molecular complexity index is 1030. The number of rotatable bonds is 7. The van der Waals surface area contributed by atoms with Crippen molar-refractivity contribution in [1.82, 2.24) is 0 Å². The predicted octanol–water partition coefficient (Wildman–Crippen LogP) is 3.01. The number of benzene rings is 2. The lowest BCUT2D eigenvalue weighted by molar-refractivity contribution is -0.139. The summed E-state index contributed by atoms with van der Waals surface area (Å²) in [6.07, 6.45) is 0. The maximum atomic E-state index is 12.8. The van der Waals surface area contributed by atoms with Gasteiger partial charge < -0.3 is 14.6 Å². The first-order chi connectivity index (χ1) is 13.1. The number of carbonyl (C=O) groups excluding carboxylic acids is 1. The van der Waals surface area contributed by atoms with E-state index >= 15 is 0 Å². The van der Waals surface area contributed by atoms with Gasteiger partial charge in [0.05, 0.1) is 22.6 Å². The van der Waals surface area contributed by atoms with Crippen LogP contribution in [-0.2, 0) is 19.6 Å². The van der Waals surface area contributed by atoms with Gasteiger partial charge in [0, 0.05) is 11.3 Å². The van der Waals surface area contributed by atoms with E-state index in [4.69, 9.17) is 21.4 Å². The van der Waals surface area contributed by atoms with Gasteiger partial charge in [0.25, 0.3) is 10.0 Å². The van der Waals surface area contributed by atoms with E-state index < -0.39 is 28.6 Å². The number of hydrogen-bond donors (Lipinski definition) is 2. The number of nitrogens with one attached hydrogen (secondary N) is 1. The van der Waals surface area contributed by atoms with Gasteiger partial charge in [0.1, 0.15) is 5.75 Å². The molecular weight excluding hydrogens is 410 g/mol. The fourth-order valence-electron chi connectivity index (χ4n) is 2.52. The van der Waals surface area contributed by atoms with Crippen LogP contribution in [0.4, 0.5) is 5.69 Å². The second kappa shape index (κ2) is 8.49. The van der Waals surface area contributed by atoms with E-state index in [1.165, 1.54) is 44.4 Å². The van der Waals surface area contributed by atoms with E-state index in [2.05, 4.69) is 9.46 Å². The van der Waals surface area contributed by atoms with Crippen molar-refractivity contribution in [2.75, 3.05) is 18.4 Å². The molecule has 2 aromatic rings. The minimum atomic E-state index is -4.06. The topological polar surface area (TPSA) is 119 Å². The van der Waals surface area contributed by atoms with Crippen molar-refractivity contribution in [2.45, 2.75) is 18.7 Å². The number of aliphatic carboxylic acids is 1. The van der Waals surface area contributed by atoms with Crippen molar-refractivity contribution in [3.63, 3.8) is 0 Å². The van der Waals surface area contributed by atoms with Crippen LogP contribution in [0.5, 0.6) is 5.75 Å². The molecule has 0 amide bonds. The molecule has 0 aliphatic heterocycles. The third-order valence-corrected chi connectivity index (χ3v) is 5.66. The molecule has 0 unspecified atom stereocenters. The van der Waals surface area contributed by atoms with Gasteiger partial charge in [-0.1, -0.05) is 17.7 Å². The van der Waals surface area contributed by atoms with Gasteiger partial charge in [0.15, 0.2) is 6.61 Å². The van der Waals surface area contributed by atoms with Crippen LogP contribution in [0.3, 0.4) is 0 Å². The Morgan fingerprint density at radius 2 is 1.86 bits per heavy atom. The van der Waals surface area contributed by atoms with Crippen LogP contribution in [-0.4, -0.2) is 39.2 Å². The molecular formula is C18H18ClNO7S. The molecule has 28 heavy (non-hydrogen) atoms. The van der Waals surface area contributed by atoms with E-state index in [0.717, 1.165) is 0 Å². The van der Waals surface area contributed by atoms with Crippen LogP contribution in [0.2, 0.25) is 5.02 Å². The number of halogens is 1. The van der Waals surface area contributed by atoms with E-state index in [1.807, 2.05) is 0 Å². The van der Waals surface area contributed by atoms with Crippen LogP contribution in [0, 0.1) is 13.8 Å². The molecule has 8 nitrogen and oxygen atoms in total. The summed E-state index contributed by atoms with van der Waals surface area (Å²) in [5.74, 6) is -1.71. The number of esters is 1. The summed E-state index contributed by atoms with van der Waals surface area (Å²) in [5.41, 5.74) is 0.973. The van der Waals surface area contributed by atoms with Crippen molar-refractivity contribution in [2.24, 2.45) is 0 Å². The average Bonchev–Trinajstić information content (AvgIpc) is 2.61. The number of aryl methyl sites for hydroxylation is 1. The Balaban J connectivity index is 2.42. The number of hydrogen-bond acceptors (Lipinski definition) is 6. The van der Waals surface area contributed by atoms with Crippen LogP contribution in [0.15, 0.2) is 35.2 Å². The second-order valence-electron chi connectivity index (χ2n) is 5.81. The molecule has 2 N–H and O–H groups in total. The molecule has 150 valence electrons. The summed E-state index contributed by atoms with van der Waals surface area (Å²) in [7, 11) is -2.87. The molecule has 10 heteroatoms. The molecule has 0 saturated carbocycles. The highest BCUT2D eigenvalue weighted by atomic mass is 35.5. The monoisotopic (exact) mass is 427 g/mol. The Labute approximate surface area is 167 Å². The Morgan fingerprint density at radius 1 is 1.18 bits per heavy atom. The summed E-state index contributed by atoms with van der Waals surface area (Å²) in [6, 6.07) is 6.93. The summed E-state index contributed by atoms with van der Waals surface area (Å²) in [5, 5.41) is 8.91. The number of carboxylic acid groups (broad SMARTS) is 1. The molecule has 2 rings (SSSR count). The summed E-state index contributed by atoms with van der Waals surface area (Å²) in [6.45, 7) is 2.59. The Kier molecular flexibility index (Phi) is 6.52. The zero-order valence-corrected chi connectivity index (χ0v) is 16.8. The normalized spacial score (nSPS) is 11.0. The SMILES string of the molecule is COC(=O)c1cc(NS(=O)(=O)c2ccc(C)c(OCC(=O)O)c2C)ccc1Cl. The highest BCUT2D eigenvalue weighted by Crippen LogP contribution is 2.31. The van der Waals surface area contributed by atoms with Gasteiger partial charge in [-0.25, -0.2) is 18.0 Å². The van der Waals surface area contributed by atoms with Gasteiger partial charge in [0.2, 0.25) is 0 Å². The average molecular weight is 428 g/mol. The van der Waals surface area contributed by atoms with Crippen molar-refractivity contribution in [3.05, 3.63) is 52.0 Å². The summed E-state index contributed by atoms with van der Waals surface area (Å²) >= 11 is 5.94. The second-order valence-corrected chi connectivity index (χ2v) is 7.87. The van der Waals surface area contributed by atoms with Crippen molar-refractivity contribution < 1.29 is 32.6 Å². The molecule has 0 heterocycles. The smallest absolute Gasteiger partial charge is 0.341 e. The first kappa shape index (κ1) is 21.5. The number of carbonyl (C=O) groups is 2. The van der Waals surface area contributed by atoms with Crippen LogP contribution in [0.25, 0.3) is 0 Å². The Hall–Kier alpha value is -2.78. The number of methoxy groups -OCH3 is 1. The first-order valence-electron chi connectivity index (χ1n) is 7.92. The maximum Gasteiger partial charge on any atom is 0.341 e. The van der Waals surface area contributed by atoms with E-state index in [0.29, 0.717) is 5.56 Å². The number of anilines is 1. The quantitative estimate of drug-likeness (QED) is 0.652. The lowest BCUT2D eigenvalue weighted by Crippen LogP contribution is -2.17. The fraction of sp³-hybridized carbons (Fsp3) is 0.222. The van der Waals surface area contributed by atoms with Crippen LogP contribution < -0.4 is 9.46 Å². The van der Waals surface area contributed by atoms with Crippen molar-refractivity contribution >= 4 is 39.3 Å². The van der Waals surface area contributed by atoms with Gasteiger partial charge >= 0.3 is 11.9 Å². The Morgan fingerprint density at radius 3 is 2.46 bits per heavy atom. The zero-order chi connectivity index (χ0) is 21.1. The molecule has 0 spiro atoms. The third-order valence-electron chi connectivity index (χ3n) is 3.81. The highest BCUT2D eigenvalue weighted by Gasteiger charge is 2.22. The van der Waals surface area contributed by atoms with Crippen LogP contribution in [0.1, 0.15) is 21.5 Å². The van der Waals surface area contributed by atoms with Gasteiger partial charge in [-0.05, 0) is 43.7 Å². The third kappa shape index (κ3) is 4.73. The molecule has 0 aliphatic rings. The minimum Gasteiger partial charge on any atom is -0.481 e. The largest absolute Gasteiger partial charge is 0.481 e. The van der Waals surface area contributed by atoms with Crippen LogP contribution >= 0.6 is 11.6 Å². The molecule has 0 fully saturated rings. The lowest BCUT2D eigenvalue weighted by atomic mass is 10.1. The number of ether oxygens (including phenoxy) is 2. The van der Waals surface area contributed by atoms with E-state index in [9.17, 15) is 18.0 Å². The summed E-state index contributed by atoms with van der Waals surface area (Å²) in [4.78, 5) is 22.4. The van der Waals surface area contributed by atoms with Crippen molar-refractivity contribution in [1.29, 1.82) is 0 Å². The molecule has 0 radical (unpaired) electrons. The zero-order valence-electron chi connectivity index (χ0n) is 15.3. The van der Waals surface area contributed by atoms with Gasteiger partial charge in [-0.3, -0.25) is 4.72 Å². The molecule has 0 aliphatic carbocycles. The molecule has 0 aromatic heterocycles. The minimum absolute atomic E-state index is 0.00970.